The molecule has 0 saturated carbocycles. The number of amides is 1. The van der Waals surface area contributed by atoms with Crippen LogP contribution in [0.5, 0.6) is 5.75 Å². The SMILES string of the molecule is CS(=O)(=O)C1(C(=O)NCc2ccccc2OC(F)(F)F)CCNCC1. The number of ether oxygens (including phenoxy) is 1. The Balaban J connectivity index is 2.17. The number of hydrogen-bond acceptors (Lipinski definition) is 5. The van der Waals surface area contributed by atoms with E-state index in [4.69, 9.17) is 0 Å². The number of nitrogens with one attached hydrogen (secondary N) is 2. The van der Waals surface area contributed by atoms with Crippen molar-refractivity contribution >= 4 is 15.7 Å². The van der Waals surface area contributed by atoms with Crippen LogP contribution < -0.4 is 15.4 Å². The molecule has 2 rings (SSSR count). The van der Waals surface area contributed by atoms with Gasteiger partial charge in [0.2, 0.25) is 5.91 Å². The summed E-state index contributed by atoms with van der Waals surface area (Å²) < 4.78 is 64.0. The number of piperidine rings is 1. The Kier molecular flexibility index (Phi) is 5.62. The third-order valence-electron chi connectivity index (χ3n) is 4.17. The zero-order valence-corrected chi connectivity index (χ0v) is 14.3. The van der Waals surface area contributed by atoms with E-state index in [1.165, 1.54) is 18.2 Å². The van der Waals surface area contributed by atoms with Crippen LogP contribution in [0.25, 0.3) is 0 Å². The zero-order chi connectivity index (χ0) is 18.7. The predicted molar refractivity (Wildman–Crippen MR) is 84.7 cm³/mol. The van der Waals surface area contributed by atoms with Gasteiger partial charge in [-0.2, -0.15) is 0 Å². The van der Waals surface area contributed by atoms with E-state index < -0.39 is 32.6 Å². The Morgan fingerprint density at radius 3 is 2.44 bits per heavy atom. The van der Waals surface area contributed by atoms with E-state index >= 15 is 0 Å². The van der Waals surface area contributed by atoms with Crippen LogP contribution in [0.3, 0.4) is 0 Å². The first-order valence-corrected chi connectivity index (χ1v) is 9.47. The van der Waals surface area contributed by atoms with E-state index in [-0.39, 0.29) is 24.9 Å². The number of alkyl halides is 3. The molecule has 0 atom stereocenters. The van der Waals surface area contributed by atoms with E-state index in [0.717, 1.165) is 12.3 Å². The van der Waals surface area contributed by atoms with Gasteiger partial charge in [-0.05, 0) is 32.0 Å². The van der Waals surface area contributed by atoms with E-state index in [1.807, 2.05) is 0 Å². The Labute approximate surface area is 143 Å². The average molecular weight is 380 g/mol. The first-order valence-electron chi connectivity index (χ1n) is 7.57. The quantitative estimate of drug-likeness (QED) is 0.806. The van der Waals surface area contributed by atoms with Gasteiger partial charge < -0.3 is 15.4 Å². The summed E-state index contributed by atoms with van der Waals surface area (Å²) >= 11 is 0. The van der Waals surface area contributed by atoms with Gasteiger partial charge in [0.15, 0.2) is 14.6 Å². The number of para-hydroxylation sites is 1. The lowest BCUT2D eigenvalue weighted by atomic mass is 9.95. The molecule has 2 N–H and O–H groups in total. The number of rotatable bonds is 5. The highest BCUT2D eigenvalue weighted by molar-refractivity contribution is 7.92. The third-order valence-corrected chi connectivity index (χ3v) is 6.19. The third kappa shape index (κ3) is 4.63. The van der Waals surface area contributed by atoms with E-state index in [9.17, 15) is 26.4 Å². The van der Waals surface area contributed by atoms with Crippen LogP contribution in [0.15, 0.2) is 24.3 Å². The fourth-order valence-electron chi connectivity index (χ4n) is 2.81. The topological polar surface area (TPSA) is 84.5 Å². The molecule has 1 heterocycles. The molecule has 1 aromatic rings. The summed E-state index contributed by atoms with van der Waals surface area (Å²) in [5, 5.41) is 5.43. The fraction of sp³-hybridized carbons (Fsp3) is 0.533. The van der Waals surface area contributed by atoms with Gasteiger partial charge in [0, 0.05) is 18.4 Å². The number of benzene rings is 1. The molecule has 0 aliphatic carbocycles. The van der Waals surface area contributed by atoms with Gasteiger partial charge in [-0.25, -0.2) is 8.42 Å². The van der Waals surface area contributed by atoms with Crippen molar-refractivity contribution < 1.29 is 31.1 Å². The monoisotopic (exact) mass is 380 g/mol. The molecule has 1 amide bonds. The first-order chi connectivity index (χ1) is 11.6. The van der Waals surface area contributed by atoms with Gasteiger partial charge in [-0.3, -0.25) is 4.79 Å². The summed E-state index contributed by atoms with van der Waals surface area (Å²) in [6, 6.07) is 5.38. The molecule has 0 aromatic heterocycles. The van der Waals surface area contributed by atoms with Crippen LogP contribution >= 0.6 is 0 Å². The highest BCUT2D eigenvalue weighted by Crippen LogP contribution is 2.29. The molecule has 1 fully saturated rings. The summed E-state index contributed by atoms with van der Waals surface area (Å²) in [6.45, 7) is 0.471. The van der Waals surface area contributed by atoms with Crippen LogP contribution in [-0.2, 0) is 21.2 Å². The average Bonchev–Trinajstić information content (AvgIpc) is 2.52. The van der Waals surface area contributed by atoms with E-state index in [2.05, 4.69) is 15.4 Å². The minimum absolute atomic E-state index is 0.103. The van der Waals surface area contributed by atoms with Crippen LogP contribution in [0.1, 0.15) is 18.4 Å². The summed E-state index contributed by atoms with van der Waals surface area (Å²) in [4.78, 5) is 12.6. The molecule has 1 aliphatic heterocycles. The number of carbonyl (C=O) groups is 1. The molecule has 1 aliphatic rings. The lowest BCUT2D eigenvalue weighted by Gasteiger charge is -2.34. The number of sulfone groups is 1. The van der Waals surface area contributed by atoms with Crippen molar-refractivity contribution in [2.75, 3.05) is 19.3 Å². The molecule has 140 valence electrons. The molecular weight excluding hydrogens is 361 g/mol. The maximum atomic E-state index is 12.6. The van der Waals surface area contributed by atoms with E-state index in [1.54, 1.807) is 0 Å². The maximum absolute atomic E-state index is 12.6. The van der Waals surface area contributed by atoms with Crippen LogP contribution in [0.4, 0.5) is 13.2 Å². The highest BCUT2D eigenvalue weighted by atomic mass is 32.2. The lowest BCUT2D eigenvalue weighted by molar-refractivity contribution is -0.274. The lowest BCUT2D eigenvalue weighted by Crippen LogP contribution is -2.57. The minimum Gasteiger partial charge on any atom is -0.405 e. The Morgan fingerprint density at radius 1 is 1.28 bits per heavy atom. The highest BCUT2D eigenvalue weighted by Gasteiger charge is 2.48. The molecular formula is C15H19F3N2O4S. The van der Waals surface area contributed by atoms with Crippen LogP contribution in [0.2, 0.25) is 0 Å². The number of hydrogen-bond donors (Lipinski definition) is 2. The smallest absolute Gasteiger partial charge is 0.405 e. The predicted octanol–water partition coefficient (Wildman–Crippen LogP) is 1.37. The summed E-state index contributed by atoms with van der Waals surface area (Å²) in [7, 11) is -3.69. The minimum atomic E-state index is -4.86. The Bertz CT molecular complexity index is 729. The van der Waals surface area contributed by atoms with Gasteiger partial charge >= 0.3 is 6.36 Å². The second kappa shape index (κ2) is 7.20. The van der Waals surface area contributed by atoms with E-state index in [0.29, 0.717) is 13.1 Å². The summed E-state index contributed by atoms with van der Waals surface area (Å²) in [5.41, 5.74) is 0.103. The second-order valence-corrected chi connectivity index (χ2v) is 8.18. The molecule has 1 aromatic carbocycles. The van der Waals surface area contributed by atoms with Crippen LogP contribution in [0, 0.1) is 0 Å². The Morgan fingerprint density at radius 2 is 1.88 bits per heavy atom. The molecule has 1 saturated heterocycles. The summed E-state index contributed by atoms with van der Waals surface area (Å²) in [6.07, 6.45) is -3.64. The Hall–Kier alpha value is -1.81. The van der Waals surface area contributed by atoms with Crippen molar-refractivity contribution in [2.24, 2.45) is 0 Å². The van der Waals surface area contributed by atoms with Crippen LogP contribution in [-0.4, -0.2) is 44.8 Å². The van der Waals surface area contributed by atoms with Gasteiger partial charge in [0.25, 0.3) is 0 Å². The zero-order valence-electron chi connectivity index (χ0n) is 13.5. The fourth-order valence-corrected chi connectivity index (χ4v) is 4.16. The first kappa shape index (κ1) is 19.5. The van der Waals surface area contributed by atoms with Gasteiger partial charge in [0.1, 0.15) is 5.75 Å². The normalized spacial score (nSPS) is 17.8. The van der Waals surface area contributed by atoms with Crippen molar-refractivity contribution in [3.8, 4) is 5.75 Å². The number of carbonyl (C=O) groups excluding carboxylic acids is 1. The van der Waals surface area contributed by atoms with Gasteiger partial charge in [-0.1, -0.05) is 18.2 Å². The van der Waals surface area contributed by atoms with Crippen molar-refractivity contribution in [1.82, 2.24) is 10.6 Å². The number of halogens is 3. The standard InChI is InChI=1S/C15H19F3N2O4S/c1-25(22,23)14(6-8-19-9-7-14)13(21)20-10-11-4-2-3-5-12(11)24-15(16,17)18/h2-5,19H,6-10H2,1H3,(H,20,21). The largest absolute Gasteiger partial charge is 0.573 e. The molecule has 0 unspecified atom stereocenters. The molecule has 6 nitrogen and oxygen atoms in total. The van der Waals surface area contributed by atoms with Crippen molar-refractivity contribution in [2.45, 2.75) is 30.5 Å². The molecule has 10 heteroatoms. The van der Waals surface area contributed by atoms with Gasteiger partial charge in [0.05, 0.1) is 0 Å². The van der Waals surface area contributed by atoms with Crippen molar-refractivity contribution in [1.29, 1.82) is 0 Å². The molecule has 0 radical (unpaired) electrons. The van der Waals surface area contributed by atoms with Crippen molar-refractivity contribution in [3.05, 3.63) is 29.8 Å². The van der Waals surface area contributed by atoms with Crippen molar-refractivity contribution in [3.63, 3.8) is 0 Å². The summed E-state index contributed by atoms with van der Waals surface area (Å²) in [5.74, 6) is -1.15. The molecule has 0 bridgehead atoms. The maximum Gasteiger partial charge on any atom is 0.573 e. The molecule has 25 heavy (non-hydrogen) atoms. The second-order valence-electron chi connectivity index (χ2n) is 5.85. The molecule has 0 spiro atoms. The van der Waals surface area contributed by atoms with Gasteiger partial charge in [-0.15, -0.1) is 13.2 Å².